The topological polar surface area (TPSA) is 66.4 Å². The molecule has 0 aromatic heterocycles. The molecule has 4 heteroatoms. The highest BCUT2D eigenvalue weighted by Gasteiger charge is 2.26. The van der Waals surface area contributed by atoms with E-state index < -0.39 is 6.10 Å². The summed E-state index contributed by atoms with van der Waals surface area (Å²) in [5.74, 6) is 0.147. The lowest BCUT2D eigenvalue weighted by Crippen LogP contribution is -2.21. The van der Waals surface area contributed by atoms with Crippen molar-refractivity contribution < 1.29 is 14.7 Å². The summed E-state index contributed by atoms with van der Waals surface area (Å²) in [5, 5.41) is 13.0. The number of carbonyl (C=O) groups is 2. The molecule has 0 aliphatic heterocycles. The molecule has 1 aromatic carbocycles. The minimum absolute atomic E-state index is 0.0984. The van der Waals surface area contributed by atoms with E-state index in [-0.39, 0.29) is 23.5 Å². The summed E-state index contributed by atoms with van der Waals surface area (Å²) >= 11 is 0. The van der Waals surface area contributed by atoms with Crippen LogP contribution < -0.4 is 5.32 Å². The van der Waals surface area contributed by atoms with Crippen LogP contribution >= 0.6 is 0 Å². The van der Waals surface area contributed by atoms with Crippen LogP contribution in [-0.4, -0.2) is 29.4 Å². The maximum Gasteiger partial charge on any atom is 0.219 e. The van der Waals surface area contributed by atoms with E-state index >= 15 is 0 Å². The molecular weight excluding hydrogens is 362 g/mol. The van der Waals surface area contributed by atoms with Crippen molar-refractivity contribution in [2.45, 2.75) is 51.6 Å². The van der Waals surface area contributed by atoms with Gasteiger partial charge in [0.25, 0.3) is 0 Å². The van der Waals surface area contributed by atoms with Crippen LogP contribution in [0.15, 0.2) is 66.8 Å². The molecule has 3 atom stereocenters. The average Bonchev–Trinajstić information content (AvgIpc) is 3.08. The lowest BCUT2D eigenvalue weighted by atomic mass is 9.90. The third kappa shape index (κ3) is 8.61. The lowest BCUT2D eigenvalue weighted by Gasteiger charge is -2.13. The van der Waals surface area contributed by atoms with Crippen molar-refractivity contribution in [2.24, 2.45) is 11.8 Å². The highest BCUT2D eigenvalue weighted by molar-refractivity contribution is 5.95. The number of ketones is 1. The Labute approximate surface area is 174 Å². The second kappa shape index (κ2) is 12.9. The van der Waals surface area contributed by atoms with Gasteiger partial charge in [0.15, 0.2) is 5.78 Å². The van der Waals surface area contributed by atoms with Crippen molar-refractivity contribution in [1.82, 2.24) is 5.32 Å². The Balaban J connectivity index is 1.72. The Morgan fingerprint density at radius 2 is 2.03 bits per heavy atom. The normalized spacial score (nSPS) is 20.0. The first kappa shape index (κ1) is 22.8. The summed E-state index contributed by atoms with van der Waals surface area (Å²) in [7, 11) is 0. The zero-order valence-corrected chi connectivity index (χ0v) is 17.3. The Morgan fingerprint density at radius 3 is 2.79 bits per heavy atom. The van der Waals surface area contributed by atoms with Crippen molar-refractivity contribution in [2.75, 3.05) is 6.54 Å². The van der Waals surface area contributed by atoms with Gasteiger partial charge < -0.3 is 10.4 Å². The number of nitrogens with one attached hydrogen (secondary N) is 1. The number of aliphatic hydroxyl groups is 1. The van der Waals surface area contributed by atoms with Crippen LogP contribution in [0.3, 0.4) is 0 Å². The monoisotopic (exact) mass is 395 g/mol. The van der Waals surface area contributed by atoms with Crippen LogP contribution in [0.4, 0.5) is 0 Å². The first-order valence-corrected chi connectivity index (χ1v) is 10.6. The van der Waals surface area contributed by atoms with Gasteiger partial charge in [-0.2, -0.15) is 0 Å². The van der Waals surface area contributed by atoms with Crippen LogP contribution in [0.25, 0.3) is 0 Å². The maximum absolute atomic E-state index is 12.2. The number of carbonyl (C=O) groups excluding carboxylic acids is 2. The van der Waals surface area contributed by atoms with E-state index in [0.29, 0.717) is 19.4 Å². The van der Waals surface area contributed by atoms with Gasteiger partial charge in [0.2, 0.25) is 5.91 Å². The van der Waals surface area contributed by atoms with Crippen molar-refractivity contribution in [1.29, 1.82) is 0 Å². The summed E-state index contributed by atoms with van der Waals surface area (Å²) < 4.78 is 0. The third-order valence-corrected chi connectivity index (χ3v) is 5.13. The van der Waals surface area contributed by atoms with Gasteiger partial charge in [0, 0.05) is 18.9 Å². The first-order chi connectivity index (χ1) is 14.1. The average molecular weight is 396 g/mol. The fourth-order valence-electron chi connectivity index (χ4n) is 3.46. The molecule has 1 aliphatic rings. The van der Waals surface area contributed by atoms with E-state index in [2.05, 4.69) is 29.6 Å². The second-order valence-electron chi connectivity index (χ2n) is 7.48. The Kier molecular flexibility index (Phi) is 10.1. The van der Waals surface area contributed by atoms with Crippen LogP contribution in [0, 0.1) is 11.8 Å². The minimum Gasteiger partial charge on any atom is -0.389 e. The largest absolute Gasteiger partial charge is 0.389 e. The number of aryl methyl sites for hydroxylation is 1. The Morgan fingerprint density at radius 1 is 1.24 bits per heavy atom. The number of amides is 1. The zero-order valence-electron chi connectivity index (χ0n) is 17.3. The molecule has 0 radical (unpaired) electrons. The fourth-order valence-corrected chi connectivity index (χ4v) is 3.46. The van der Waals surface area contributed by atoms with Crippen LogP contribution in [0.2, 0.25) is 0 Å². The van der Waals surface area contributed by atoms with E-state index in [4.69, 9.17) is 0 Å². The number of unbranched alkanes of at least 4 members (excludes halogenated alkanes) is 1. The minimum atomic E-state index is -0.547. The van der Waals surface area contributed by atoms with Gasteiger partial charge in [-0.25, -0.2) is 0 Å². The molecule has 1 aromatic rings. The Bertz CT molecular complexity index is 721. The molecule has 0 heterocycles. The summed E-state index contributed by atoms with van der Waals surface area (Å²) in [6.45, 7) is 2.59. The lowest BCUT2D eigenvalue weighted by molar-refractivity contribution is -0.121. The molecule has 0 saturated heterocycles. The van der Waals surface area contributed by atoms with Crippen molar-refractivity contribution >= 4 is 11.7 Å². The summed E-state index contributed by atoms with van der Waals surface area (Å²) in [6, 6.07) is 10.1. The van der Waals surface area contributed by atoms with Gasteiger partial charge in [-0.3, -0.25) is 9.59 Å². The number of hydrogen-bond donors (Lipinski definition) is 2. The van der Waals surface area contributed by atoms with Gasteiger partial charge in [0.1, 0.15) is 0 Å². The molecule has 0 bridgehead atoms. The number of hydrogen-bond acceptors (Lipinski definition) is 3. The van der Waals surface area contributed by atoms with E-state index in [1.54, 1.807) is 12.2 Å². The summed E-state index contributed by atoms with van der Waals surface area (Å²) in [4.78, 5) is 23.6. The molecule has 1 amide bonds. The number of rotatable bonds is 12. The second-order valence-corrected chi connectivity index (χ2v) is 7.48. The summed E-state index contributed by atoms with van der Waals surface area (Å²) in [6.07, 6.45) is 15.4. The SMILES string of the molecule is CCNC(=O)CCCC=CC[C@H]1C=CC(=O)[C@@H]1C=C[C@@H](O)CCc1ccccc1. The quantitative estimate of drug-likeness (QED) is 0.412. The van der Waals surface area contributed by atoms with E-state index in [1.807, 2.05) is 37.3 Å². The maximum atomic E-state index is 12.2. The fraction of sp³-hybridized carbons (Fsp3) is 0.440. The highest BCUT2D eigenvalue weighted by Crippen LogP contribution is 2.27. The van der Waals surface area contributed by atoms with Crippen LogP contribution in [0.1, 0.15) is 44.6 Å². The van der Waals surface area contributed by atoms with E-state index in [1.165, 1.54) is 5.56 Å². The molecule has 0 spiro atoms. The molecule has 4 nitrogen and oxygen atoms in total. The molecule has 0 unspecified atom stereocenters. The predicted molar refractivity (Wildman–Crippen MR) is 117 cm³/mol. The Hall–Kier alpha value is -2.46. The van der Waals surface area contributed by atoms with E-state index in [0.717, 1.165) is 25.7 Å². The molecule has 29 heavy (non-hydrogen) atoms. The highest BCUT2D eigenvalue weighted by atomic mass is 16.3. The van der Waals surface area contributed by atoms with Crippen LogP contribution in [0.5, 0.6) is 0 Å². The van der Waals surface area contributed by atoms with Crippen molar-refractivity contribution in [3.63, 3.8) is 0 Å². The third-order valence-electron chi connectivity index (χ3n) is 5.13. The van der Waals surface area contributed by atoms with Gasteiger partial charge >= 0.3 is 0 Å². The van der Waals surface area contributed by atoms with Gasteiger partial charge in [0.05, 0.1) is 6.10 Å². The molecule has 156 valence electrons. The van der Waals surface area contributed by atoms with Gasteiger partial charge in [-0.1, -0.05) is 60.7 Å². The molecular formula is C25H33NO3. The molecule has 2 rings (SSSR count). The zero-order chi connectivity index (χ0) is 20.9. The standard InChI is InChI=1S/C25H33NO3/c1-2-26-25(29)13-9-4-3-8-12-21-15-19-24(28)23(21)18-17-22(27)16-14-20-10-6-5-7-11-20/h3,5-8,10-11,15,17-19,21-23,27H,2,4,9,12-14,16H2,1H3,(H,26,29)/t21-,22-,23+/m0/s1. The number of benzene rings is 1. The van der Waals surface area contributed by atoms with Gasteiger partial charge in [-0.15, -0.1) is 0 Å². The molecule has 0 saturated carbocycles. The molecule has 1 aliphatic carbocycles. The smallest absolute Gasteiger partial charge is 0.219 e. The molecule has 0 fully saturated rings. The number of aliphatic hydroxyl groups excluding tert-OH is 1. The summed E-state index contributed by atoms with van der Waals surface area (Å²) in [5.41, 5.74) is 1.20. The van der Waals surface area contributed by atoms with Crippen LogP contribution in [-0.2, 0) is 16.0 Å². The predicted octanol–water partition coefficient (Wildman–Crippen LogP) is 4.16. The van der Waals surface area contributed by atoms with E-state index in [9.17, 15) is 14.7 Å². The number of allylic oxidation sites excluding steroid dienone is 5. The first-order valence-electron chi connectivity index (χ1n) is 10.6. The van der Waals surface area contributed by atoms with Crippen molar-refractivity contribution in [3.8, 4) is 0 Å². The molecule has 2 N–H and O–H groups in total. The van der Waals surface area contributed by atoms with Crippen molar-refractivity contribution in [3.05, 3.63) is 72.4 Å². The van der Waals surface area contributed by atoms with Gasteiger partial charge in [-0.05, 0) is 56.6 Å².